The van der Waals surface area contributed by atoms with E-state index in [4.69, 9.17) is 4.74 Å². The summed E-state index contributed by atoms with van der Waals surface area (Å²) in [5, 5.41) is 1.96. The van der Waals surface area contributed by atoms with Crippen LogP contribution in [0.15, 0.2) is 29.6 Å². The molecule has 0 N–H and O–H groups in total. The summed E-state index contributed by atoms with van der Waals surface area (Å²) in [7, 11) is 0. The smallest absolute Gasteiger partial charge is 0.387 e. The van der Waals surface area contributed by atoms with Crippen LogP contribution >= 0.6 is 11.3 Å². The molecule has 1 aromatic heterocycles. The lowest BCUT2D eigenvalue weighted by Gasteiger charge is -2.04. The average Bonchev–Trinajstić information content (AvgIpc) is 2.89. The predicted molar refractivity (Wildman–Crippen MR) is 70.1 cm³/mol. The summed E-state index contributed by atoms with van der Waals surface area (Å²) < 4.78 is 33.1. The van der Waals surface area contributed by atoms with Crippen LogP contribution in [0.4, 0.5) is 8.78 Å². The van der Waals surface area contributed by atoms with E-state index in [1.165, 1.54) is 23.5 Å². The largest absolute Gasteiger partial charge is 0.461 e. The fraction of sp³-hybridized carbons (Fsp3) is 0.231. The van der Waals surface area contributed by atoms with Gasteiger partial charge >= 0.3 is 12.6 Å². The van der Waals surface area contributed by atoms with Gasteiger partial charge in [0.15, 0.2) is 0 Å². The molecule has 2 rings (SSSR count). The molecule has 4 nitrogen and oxygen atoms in total. The second-order valence-corrected chi connectivity index (χ2v) is 4.52. The first kappa shape index (κ1) is 14.4. The topological polar surface area (TPSA) is 48.4 Å². The molecule has 0 aliphatic carbocycles. The number of benzene rings is 1. The lowest BCUT2D eigenvalue weighted by molar-refractivity contribution is -0.0498. The summed E-state index contributed by atoms with van der Waals surface area (Å²) in [5.41, 5.74) is 1.29. The van der Waals surface area contributed by atoms with Crippen molar-refractivity contribution < 1.29 is 23.0 Å². The molecule has 0 saturated heterocycles. The fourth-order valence-corrected chi connectivity index (χ4v) is 2.22. The minimum Gasteiger partial charge on any atom is -0.461 e. The summed E-state index contributed by atoms with van der Waals surface area (Å²) in [6.45, 7) is -0.850. The Morgan fingerprint density at radius 1 is 1.35 bits per heavy atom. The highest BCUT2D eigenvalue weighted by Gasteiger charge is 2.13. The van der Waals surface area contributed by atoms with Crippen LogP contribution < -0.4 is 4.74 Å². The van der Waals surface area contributed by atoms with E-state index in [-0.39, 0.29) is 17.4 Å². The Kier molecular flexibility index (Phi) is 4.62. The highest BCUT2D eigenvalue weighted by molar-refractivity contribution is 7.11. The molecule has 0 aliphatic heterocycles. The van der Waals surface area contributed by atoms with Gasteiger partial charge < -0.3 is 9.47 Å². The molecular formula is C13H11F2NO3S. The molecule has 106 valence electrons. The molecule has 7 heteroatoms. The first-order chi connectivity index (χ1) is 9.60. The number of rotatable bonds is 5. The van der Waals surface area contributed by atoms with Gasteiger partial charge in [-0.1, -0.05) is 0 Å². The van der Waals surface area contributed by atoms with E-state index in [1.54, 1.807) is 24.4 Å². The van der Waals surface area contributed by atoms with Crippen molar-refractivity contribution in [2.24, 2.45) is 0 Å². The van der Waals surface area contributed by atoms with Crippen LogP contribution in [0.1, 0.15) is 16.7 Å². The number of hydrogen-bond donors (Lipinski definition) is 0. The molecule has 0 atom stereocenters. The van der Waals surface area contributed by atoms with E-state index < -0.39 is 12.6 Å². The maximum absolute atomic E-state index is 12.0. The van der Waals surface area contributed by atoms with Crippen LogP contribution in [-0.4, -0.2) is 24.2 Å². The molecule has 1 heterocycles. The minimum absolute atomic E-state index is 0.0737. The van der Waals surface area contributed by atoms with Crippen molar-refractivity contribution in [1.29, 1.82) is 0 Å². The van der Waals surface area contributed by atoms with Gasteiger partial charge in [-0.15, -0.1) is 11.3 Å². The first-order valence-electron chi connectivity index (χ1n) is 5.78. The van der Waals surface area contributed by atoms with E-state index in [1.807, 2.05) is 0 Å². The number of ether oxygens (including phenoxy) is 2. The van der Waals surface area contributed by atoms with Gasteiger partial charge in [0.05, 0.1) is 12.3 Å². The third kappa shape index (κ3) is 3.51. The van der Waals surface area contributed by atoms with Crippen molar-refractivity contribution in [3.63, 3.8) is 0 Å². The molecule has 0 saturated carbocycles. The highest BCUT2D eigenvalue weighted by atomic mass is 32.1. The Balaban J connectivity index is 2.14. The summed E-state index contributed by atoms with van der Waals surface area (Å²) in [6.07, 6.45) is 0. The number of alkyl halides is 2. The highest BCUT2D eigenvalue weighted by Crippen LogP contribution is 2.25. The van der Waals surface area contributed by atoms with Gasteiger partial charge in [-0.05, 0) is 31.2 Å². The SMILES string of the molecule is CCOC(=O)c1nc(-c2ccc(OC(F)F)cc2)cs1. The van der Waals surface area contributed by atoms with E-state index in [0.29, 0.717) is 11.3 Å². The molecule has 0 fully saturated rings. The lowest BCUT2D eigenvalue weighted by atomic mass is 10.2. The Bertz CT molecular complexity index is 584. The van der Waals surface area contributed by atoms with Crippen LogP contribution in [0.2, 0.25) is 0 Å². The maximum atomic E-state index is 12.0. The number of nitrogens with zero attached hydrogens (tertiary/aromatic N) is 1. The van der Waals surface area contributed by atoms with E-state index in [9.17, 15) is 13.6 Å². The third-order valence-electron chi connectivity index (χ3n) is 2.33. The van der Waals surface area contributed by atoms with Crippen molar-refractivity contribution in [2.75, 3.05) is 6.61 Å². The van der Waals surface area contributed by atoms with Crippen molar-refractivity contribution in [1.82, 2.24) is 4.98 Å². The average molecular weight is 299 g/mol. The van der Waals surface area contributed by atoms with Crippen molar-refractivity contribution in [3.8, 4) is 17.0 Å². The number of aromatic nitrogens is 1. The Hall–Kier alpha value is -2.02. The van der Waals surface area contributed by atoms with Crippen LogP contribution in [0, 0.1) is 0 Å². The predicted octanol–water partition coefficient (Wildman–Crippen LogP) is 3.59. The van der Waals surface area contributed by atoms with Gasteiger partial charge in [-0.3, -0.25) is 0 Å². The van der Waals surface area contributed by atoms with Crippen LogP contribution in [-0.2, 0) is 4.74 Å². The van der Waals surface area contributed by atoms with Crippen LogP contribution in [0.25, 0.3) is 11.3 Å². The summed E-state index contributed by atoms with van der Waals surface area (Å²) >= 11 is 1.17. The number of carbonyl (C=O) groups is 1. The van der Waals surface area contributed by atoms with Gasteiger partial charge in [0, 0.05) is 10.9 Å². The molecule has 0 bridgehead atoms. The minimum atomic E-state index is -2.85. The maximum Gasteiger partial charge on any atom is 0.387 e. The van der Waals surface area contributed by atoms with Crippen LogP contribution in [0.3, 0.4) is 0 Å². The van der Waals surface area contributed by atoms with Gasteiger partial charge in [-0.2, -0.15) is 8.78 Å². The zero-order valence-electron chi connectivity index (χ0n) is 10.5. The summed E-state index contributed by atoms with van der Waals surface area (Å²) in [5.74, 6) is -0.397. The molecule has 1 aromatic carbocycles. The molecule has 20 heavy (non-hydrogen) atoms. The quantitative estimate of drug-likeness (QED) is 0.792. The molecule has 2 aromatic rings. The molecule has 0 aliphatic rings. The number of esters is 1. The zero-order chi connectivity index (χ0) is 14.5. The Morgan fingerprint density at radius 2 is 2.05 bits per heavy atom. The van der Waals surface area contributed by atoms with E-state index in [2.05, 4.69) is 9.72 Å². The normalized spacial score (nSPS) is 10.6. The van der Waals surface area contributed by atoms with Gasteiger partial charge in [0.1, 0.15) is 5.75 Å². The van der Waals surface area contributed by atoms with Gasteiger partial charge in [-0.25, -0.2) is 9.78 Å². The molecule has 0 unspecified atom stereocenters. The third-order valence-corrected chi connectivity index (χ3v) is 3.15. The molecular weight excluding hydrogens is 288 g/mol. The Labute approximate surface area is 118 Å². The molecule has 0 amide bonds. The van der Waals surface area contributed by atoms with Gasteiger partial charge in [0.2, 0.25) is 5.01 Å². The Morgan fingerprint density at radius 3 is 2.65 bits per heavy atom. The van der Waals surface area contributed by atoms with Gasteiger partial charge in [0.25, 0.3) is 0 Å². The molecule has 0 spiro atoms. The summed E-state index contributed by atoms with van der Waals surface area (Å²) in [6, 6.07) is 6.04. The first-order valence-corrected chi connectivity index (χ1v) is 6.66. The lowest BCUT2D eigenvalue weighted by Crippen LogP contribution is -2.03. The summed E-state index contributed by atoms with van der Waals surface area (Å²) in [4.78, 5) is 15.6. The second-order valence-electron chi connectivity index (χ2n) is 3.66. The number of carbonyl (C=O) groups excluding carboxylic acids is 1. The number of hydrogen-bond acceptors (Lipinski definition) is 5. The second kappa shape index (κ2) is 6.42. The molecule has 0 radical (unpaired) electrons. The van der Waals surface area contributed by atoms with Crippen molar-refractivity contribution in [2.45, 2.75) is 13.5 Å². The fourth-order valence-electron chi connectivity index (χ4n) is 1.50. The van der Waals surface area contributed by atoms with E-state index >= 15 is 0 Å². The van der Waals surface area contributed by atoms with Crippen LogP contribution in [0.5, 0.6) is 5.75 Å². The number of thiazole rings is 1. The standard InChI is InChI=1S/C13H11F2NO3S/c1-2-18-12(17)11-16-10(7-20-11)8-3-5-9(6-4-8)19-13(14)15/h3-7,13H,2H2,1H3. The number of halogens is 2. The van der Waals surface area contributed by atoms with E-state index in [0.717, 1.165) is 0 Å². The van der Waals surface area contributed by atoms with Crippen molar-refractivity contribution >= 4 is 17.3 Å². The monoisotopic (exact) mass is 299 g/mol. The van der Waals surface area contributed by atoms with Crippen molar-refractivity contribution in [3.05, 3.63) is 34.7 Å². The zero-order valence-corrected chi connectivity index (χ0v) is 11.3.